The summed E-state index contributed by atoms with van der Waals surface area (Å²) in [4.78, 5) is 18.8. The molecule has 1 aliphatic rings. The molecule has 0 aliphatic carbocycles. The number of hydrogen-bond donors (Lipinski definition) is 1. The lowest BCUT2D eigenvalue weighted by molar-refractivity contribution is 0.0737. The average Bonchev–Trinajstić information content (AvgIpc) is 3.20. The Labute approximate surface area is 159 Å². The van der Waals surface area contributed by atoms with E-state index in [1.165, 1.54) is 16.6 Å². The molecule has 26 heavy (non-hydrogen) atoms. The van der Waals surface area contributed by atoms with Crippen LogP contribution in [0, 0.1) is 0 Å². The van der Waals surface area contributed by atoms with Crippen LogP contribution in [-0.2, 0) is 20.0 Å². The van der Waals surface area contributed by atoms with Crippen molar-refractivity contribution in [1.82, 2.24) is 14.5 Å². The second-order valence-electron chi connectivity index (χ2n) is 6.89. The monoisotopic (exact) mass is 407 g/mol. The summed E-state index contributed by atoms with van der Waals surface area (Å²) in [5.74, 6) is 0.108. The maximum absolute atomic E-state index is 13.3. The second kappa shape index (κ2) is 5.74. The number of carbonyl (C=O) groups excluding carboxylic acids is 1. The Kier molecular flexibility index (Phi) is 3.47. The Morgan fingerprint density at radius 2 is 1.92 bits per heavy atom. The minimum Gasteiger partial charge on any atom is -0.357 e. The fourth-order valence-electron chi connectivity index (χ4n) is 4.06. The van der Waals surface area contributed by atoms with Crippen LogP contribution in [0.2, 0.25) is 0 Å². The van der Waals surface area contributed by atoms with E-state index >= 15 is 0 Å². The molecule has 0 atom stereocenters. The predicted octanol–water partition coefficient (Wildman–Crippen LogP) is 4.62. The van der Waals surface area contributed by atoms with Crippen molar-refractivity contribution in [3.8, 4) is 0 Å². The van der Waals surface area contributed by atoms with Crippen molar-refractivity contribution in [2.45, 2.75) is 13.0 Å². The van der Waals surface area contributed by atoms with Crippen molar-refractivity contribution in [2.75, 3.05) is 6.54 Å². The number of hydrogen-bond acceptors (Lipinski definition) is 1. The standard InChI is InChI=1S/C21H18BrN3O/c1-24-11-16(13-5-2-3-8-19(13)24)21(26)25-10-9-18-15(12-25)14-6-4-7-17(22)20(14)23-18/h2-8,11,23H,9-10,12H2,1H3. The van der Waals surface area contributed by atoms with E-state index in [0.717, 1.165) is 39.4 Å². The Morgan fingerprint density at radius 3 is 2.81 bits per heavy atom. The van der Waals surface area contributed by atoms with Crippen molar-refractivity contribution < 1.29 is 4.79 Å². The van der Waals surface area contributed by atoms with Crippen molar-refractivity contribution >= 4 is 43.6 Å². The molecular weight excluding hydrogens is 390 g/mol. The number of aromatic amines is 1. The molecule has 2 aromatic carbocycles. The maximum Gasteiger partial charge on any atom is 0.256 e. The minimum atomic E-state index is 0.108. The highest BCUT2D eigenvalue weighted by Gasteiger charge is 2.26. The summed E-state index contributed by atoms with van der Waals surface area (Å²) in [6.45, 7) is 1.38. The molecule has 1 N–H and O–H groups in total. The highest BCUT2D eigenvalue weighted by molar-refractivity contribution is 9.10. The molecule has 3 heterocycles. The number of fused-ring (bicyclic) bond motifs is 4. The number of aromatic nitrogens is 2. The number of benzene rings is 2. The number of aryl methyl sites for hydroxylation is 1. The molecule has 2 aromatic heterocycles. The molecule has 4 nitrogen and oxygen atoms in total. The number of para-hydroxylation sites is 2. The van der Waals surface area contributed by atoms with Gasteiger partial charge in [-0.15, -0.1) is 0 Å². The van der Waals surface area contributed by atoms with Gasteiger partial charge in [-0.1, -0.05) is 30.3 Å². The van der Waals surface area contributed by atoms with E-state index in [1.807, 2.05) is 53.0 Å². The van der Waals surface area contributed by atoms with E-state index in [-0.39, 0.29) is 5.91 Å². The van der Waals surface area contributed by atoms with Crippen molar-refractivity contribution in [3.05, 3.63) is 70.0 Å². The topological polar surface area (TPSA) is 41.0 Å². The van der Waals surface area contributed by atoms with Gasteiger partial charge in [0.2, 0.25) is 0 Å². The summed E-state index contributed by atoms with van der Waals surface area (Å²) in [6, 6.07) is 14.3. The molecule has 4 aromatic rings. The number of carbonyl (C=O) groups is 1. The second-order valence-corrected chi connectivity index (χ2v) is 7.75. The van der Waals surface area contributed by atoms with Crippen LogP contribution in [0.1, 0.15) is 21.6 Å². The third kappa shape index (κ3) is 2.23. The van der Waals surface area contributed by atoms with Crippen LogP contribution < -0.4 is 0 Å². The van der Waals surface area contributed by atoms with Crippen LogP contribution in [-0.4, -0.2) is 26.9 Å². The molecule has 0 fully saturated rings. The molecule has 130 valence electrons. The van der Waals surface area contributed by atoms with Gasteiger partial charge in [-0.3, -0.25) is 4.79 Å². The normalized spacial score (nSPS) is 14.2. The van der Waals surface area contributed by atoms with Gasteiger partial charge in [0.15, 0.2) is 0 Å². The van der Waals surface area contributed by atoms with Crippen LogP contribution in [0.3, 0.4) is 0 Å². The van der Waals surface area contributed by atoms with Gasteiger partial charge in [0.05, 0.1) is 11.1 Å². The van der Waals surface area contributed by atoms with Crippen LogP contribution in [0.4, 0.5) is 0 Å². The first-order chi connectivity index (χ1) is 12.6. The van der Waals surface area contributed by atoms with Gasteiger partial charge in [0.25, 0.3) is 5.91 Å². The number of nitrogens with zero attached hydrogens (tertiary/aromatic N) is 2. The van der Waals surface area contributed by atoms with Gasteiger partial charge in [-0.25, -0.2) is 0 Å². The van der Waals surface area contributed by atoms with E-state index in [9.17, 15) is 4.79 Å². The summed E-state index contributed by atoms with van der Waals surface area (Å²) in [7, 11) is 1.99. The molecule has 1 amide bonds. The third-order valence-corrected chi connectivity index (χ3v) is 6.04. The number of rotatable bonds is 1. The first kappa shape index (κ1) is 15.7. The van der Waals surface area contributed by atoms with E-state index in [0.29, 0.717) is 6.54 Å². The van der Waals surface area contributed by atoms with Gasteiger partial charge in [-0.05, 0) is 28.1 Å². The van der Waals surface area contributed by atoms with E-state index in [1.54, 1.807) is 0 Å². The molecule has 0 saturated heterocycles. The summed E-state index contributed by atoms with van der Waals surface area (Å²) in [6.07, 6.45) is 2.81. The van der Waals surface area contributed by atoms with Crippen LogP contribution >= 0.6 is 15.9 Å². The molecule has 5 heteroatoms. The van der Waals surface area contributed by atoms with E-state index < -0.39 is 0 Å². The largest absolute Gasteiger partial charge is 0.357 e. The summed E-state index contributed by atoms with van der Waals surface area (Å²) in [5.41, 5.74) is 5.48. The molecule has 1 aliphatic heterocycles. The molecule has 0 bridgehead atoms. The lowest BCUT2D eigenvalue weighted by atomic mass is 10.0. The maximum atomic E-state index is 13.3. The molecule has 0 saturated carbocycles. The van der Waals surface area contributed by atoms with Gasteiger partial charge in [0, 0.05) is 64.8 Å². The summed E-state index contributed by atoms with van der Waals surface area (Å²) in [5, 5.41) is 2.22. The number of nitrogens with one attached hydrogen (secondary N) is 1. The highest BCUT2D eigenvalue weighted by Crippen LogP contribution is 2.32. The number of halogens is 1. The fourth-order valence-corrected chi connectivity index (χ4v) is 4.52. The first-order valence-electron chi connectivity index (χ1n) is 8.75. The molecule has 0 radical (unpaired) electrons. The lowest BCUT2D eigenvalue weighted by Crippen LogP contribution is -2.35. The smallest absolute Gasteiger partial charge is 0.256 e. The molecular formula is C21H18BrN3O. The average molecular weight is 408 g/mol. The zero-order chi connectivity index (χ0) is 17.8. The number of amides is 1. The van der Waals surface area contributed by atoms with Gasteiger partial charge in [-0.2, -0.15) is 0 Å². The van der Waals surface area contributed by atoms with Gasteiger partial charge < -0.3 is 14.5 Å². The SMILES string of the molecule is Cn1cc(C(=O)N2CCc3[nH]c4c(Br)cccc4c3C2)c2ccccc21. The van der Waals surface area contributed by atoms with Crippen molar-refractivity contribution in [3.63, 3.8) is 0 Å². The molecule has 5 rings (SSSR count). The highest BCUT2D eigenvalue weighted by atomic mass is 79.9. The Bertz CT molecular complexity index is 1170. The van der Waals surface area contributed by atoms with Gasteiger partial charge in [0.1, 0.15) is 0 Å². The summed E-state index contributed by atoms with van der Waals surface area (Å²) >= 11 is 3.62. The Hall–Kier alpha value is -2.53. The lowest BCUT2D eigenvalue weighted by Gasteiger charge is -2.27. The minimum absolute atomic E-state index is 0.108. The molecule has 0 unspecified atom stereocenters. The fraction of sp³-hybridized carbons (Fsp3) is 0.190. The zero-order valence-corrected chi connectivity index (χ0v) is 16.0. The van der Waals surface area contributed by atoms with Crippen LogP contribution in [0.15, 0.2) is 53.1 Å². The van der Waals surface area contributed by atoms with Crippen LogP contribution in [0.5, 0.6) is 0 Å². The Morgan fingerprint density at radius 1 is 1.12 bits per heavy atom. The van der Waals surface area contributed by atoms with Crippen LogP contribution in [0.25, 0.3) is 21.8 Å². The van der Waals surface area contributed by atoms with Crippen molar-refractivity contribution in [2.24, 2.45) is 7.05 Å². The zero-order valence-electron chi connectivity index (χ0n) is 14.4. The molecule has 0 spiro atoms. The third-order valence-electron chi connectivity index (χ3n) is 5.37. The quantitative estimate of drug-likeness (QED) is 0.491. The van der Waals surface area contributed by atoms with E-state index in [2.05, 4.69) is 33.0 Å². The Balaban J connectivity index is 1.55. The predicted molar refractivity (Wildman–Crippen MR) is 107 cm³/mol. The number of H-pyrrole nitrogens is 1. The van der Waals surface area contributed by atoms with Crippen molar-refractivity contribution in [1.29, 1.82) is 0 Å². The first-order valence-corrected chi connectivity index (χ1v) is 9.54. The summed E-state index contributed by atoms with van der Waals surface area (Å²) < 4.78 is 3.09. The van der Waals surface area contributed by atoms with Gasteiger partial charge >= 0.3 is 0 Å². The van der Waals surface area contributed by atoms with E-state index in [4.69, 9.17) is 0 Å².